The molecule has 2 aromatic rings. The second-order valence-electron chi connectivity index (χ2n) is 4.51. The Bertz CT molecular complexity index is 632. The number of hydrogen-bond donors (Lipinski definition) is 2. The molecule has 0 saturated carbocycles. The fourth-order valence-corrected chi connectivity index (χ4v) is 1.84. The number of benzene rings is 2. The fourth-order valence-electron chi connectivity index (χ4n) is 1.84. The van der Waals surface area contributed by atoms with E-state index in [-0.39, 0.29) is 0 Å². The average Bonchev–Trinajstić information content (AvgIpc) is 2.44. The minimum atomic E-state index is 0.483. The van der Waals surface area contributed by atoms with E-state index in [1.165, 1.54) is 5.56 Å². The van der Waals surface area contributed by atoms with E-state index in [2.05, 4.69) is 5.32 Å². The summed E-state index contributed by atoms with van der Waals surface area (Å²) >= 11 is 0. The van der Waals surface area contributed by atoms with Crippen LogP contribution >= 0.6 is 0 Å². The Morgan fingerprint density at radius 1 is 1.25 bits per heavy atom. The van der Waals surface area contributed by atoms with E-state index in [0.717, 1.165) is 11.4 Å². The van der Waals surface area contributed by atoms with Gasteiger partial charge in [0.25, 0.3) is 0 Å². The van der Waals surface area contributed by atoms with Crippen molar-refractivity contribution in [3.8, 4) is 11.8 Å². The van der Waals surface area contributed by atoms with E-state index in [1.807, 2.05) is 43.3 Å². The van der Waals surface area contributed by atoms with Crippen molar-refractivity contribution in [3.63, 3.8) is 0 Å². The van der Waals surface area contributed by atoms with Gasteiger partial charge in [-0.2, -0.15) is 5.26 Å². The first-order chi connectivity index (χ1) is 9.69. The van der Waals surface area contributed by atoms with Crippen LogP contribution in [0.4, 0.5) is 11.4 Å². The molecular weight excluding hydrogens is 250 g/mol. The van der Waals surface area contributed by atoms with E-state index < -0.39 is 0 Å². The first kappa shape index (κ1) is 13.8. The number of aryl methyl sites for hydroxylation is 1. The quantitative estimate of drug-likeness (QED) is 0.645. The average molecular weight is 267 g/mol. The number of nitriles is 1. The molecule has 0 bridgehead atoms. The second kappa shape index (κ2) is 6.48. The maximum atomic E-state index is 8.80. The van der Waals surface area contributed by atoms with Gasteiger partial charge in [-0.05, 0) is 42.8 Å². The molecule has 0 saturated heterocycles. The van der Waals surface area contributed by atoms with Crippen LogP contribution in [0.3, 0.4) is 0 Å². The van der Waals surface area contributed by atoms with Crippen LogP contribution in [-0.2, 0) is 0 Å². The van der Waals surface area contributed by atoms with Gasteiger partial charge in [-0.1, -0.05) is 12.1 Å². The molecule has 0 spiro atoms. The molecule has 0 atom stereocenters. The number of nitrogens with one attached hydrogen (secondary N) is 1. The first-order valence-corrected chi connectivity index (χ1v) is 6.42. The molecule has 0 aromatic heterocycles. The second-order valence-corrected chi connectivity index (χ2v) is 4.51. The zero-order valence-electron chi connectivity index (χ0n) is 11.4. The number of anilines is 2. The number of nitrogens with two attached hydrogens (primary N) is 1. The van der Waals surface area contributed by atoms with Crippen molar-refractivity contribution in [2.45, 2.75) is 6.92 Å². The summed E-state index contributed by atoms with van der Waals surface area (Å²) in [5, 5.41) is 12.0. The van der Waals surface area contributed by atoms with Crippen molar-refractivity contribution in [1.29, 1.82) is 5.26 Å². The number of nitrogen functional groups attached to an aromatic ring is 1. The fraction of sp³-hybridized carbons (Fsp3) is 0.188. The number of rotatable bonds is 5. The zero-order valence-corrected chi connectivity index (χ0v) is 11.4. The highest BCUT2D eigenvalue weighted by Crippen LogP contribution is 2.17. The van der Waals surface area contributed by atoms with Crippen molar-refractivity contribution < 1.29 is 4.74 Å². The van der Waals surface area contributed by atoms with Crippen LogP contribution < -0.4 is 15.8 Å². The molecule has 0 heterocycles. The number of hydrogen-bond acceptors (Lipinski definition) is 4. The van der Waals surface area contributed by atoms with Gasteiger partial charge in [0.05, 0.1) is 11.3 Å². The lowest BCUT2D eigenvalue weighted by Crippen LogP contribution is -2.11. The molecule has 0 radical (unpaired) electrons. The summed E-state index contributed by atoms with van der Waals surface area (Å²) in [6, 6.07) is 15.3. The lowest BCUT2D eigenvalue weighted by molar-refractivity contribution is 0.332. The Morgan fingerprint density at radius 2 is 2.10 bits per heavy atom. The zero-order chi connectivity index (χ0) is 14.4. The molecular formula is C16H17N3O. The third-order valence-corrected chi connectivity index (χ3v) is 2.86. The summed E-state index contributed by atoms with van der Waals surface area (Å²) in [7, 11) is 0. The largest absolute Gasteiger partial charge is 0.492 e. The minimum Gasteiger partial charge on any atom is -0.492 e. The van der Waals surface area contributed by atoms with Crippen LogP contribution in [0.2, 0.25) is 0 Å². The highest BCUT2D eigenvalue weighted by Gasteiger charge is 1.99. The predicted molar refractivity (Wildman–Crippen MR) is 80.7 cm³/mol. The maximum absolute atomic E-state index is 8.80. The van der Waals surface area contributed by atoms with E-state index >= 15 is 0 Å². The maximum Gasteiger partial charge on any atom is 0.119 e. The van der Waals surface area contributed by atoms with Gasteiger partial charge >= 0.3 is 0 Å². The van der Waals surface area contributed by atoms with Crippen LogP contribution in [0.1, 0.15) is 11.1 Å². The topological polar surface area (TPSA) is 71.1 Å². The highest BCUT2D eigenvalue weighted by molar-refractivity contribution is 5.62. The molecule has 0 aliphatic heterocycles. The molecule has 3 N–H and O–H groups in total. The number of nitrogens with zero attached hydrogens (tertiary/aromatic N) is 1. The summed E-state index contributed by atoms with van der Waals surface area (Å²) in [6.07, 6.45) is 0. The minimum absolute atomic E-state index is 0.483. The molecule has 2 aromatic carbocycles. The summed E-state index contributed by atoms with van der Waals surface area (Å²) in [4.78, 5) is 0. The predicted octanol–water partition coefficient (Wildman–Crippen LogP) is 2.94. The molecule has 2 rings (SSSR count). The molecule has 0 unspecified atom stereocenters. The van der Waals surface area contributed by atoms with E-state index in [9.17, 15) is 0 Å². The van der Waals surface area contributed by atoms with Gasteiger partial charge < -0.3 is 15.8 Å². The summed E-state index contributed by atoms with van der Waals surface area (Å²) < 4.78 is 5.64. The van der Waals surface area contributed by atoms with Crippen molar-refractivity contribution in [2.75, 3.05) is 24.2 Å². The molecule has 4 nitrogen and oxygen atoms in total. The van der Waals surface area contributed by atoms with Gasteiger partial charge in [-0.25, -0.2) is 0 Å². The van der Waals surface area contributed by atoms with Gasteiger partial charge in [0, 0.05) is 12.2 Å². The summed E-state index contributed by atoms with van der Waals surface area (Å²) in [6.45, 7) is 3.26. The molecule has 20 heavy (non-hydrogen) atoms. The van der Waals surface area contributed by atoms with Gasteiger partial charge in [-0.15, -0.1) is 0 Å². The van der Waals surface area contributed by atoms with Crippen LogP contribution in [0, 0.1) is 18.3 Å². The van der Waals surface area contributed by atoms with Crippen LogP contribution in [0.5, 0.6) is 5.75 Å². The van der Waals surface area contributed by atoms with Gasteiger partial charge in [-0.3, -0.25) is 0 Å². The van der Waals surface area contributed by atoms with Crippen molar-refractivity contribution in [2.24, 2.45) is 0 Å². The normalized spacial score (nSPS) is 9.80. The lowest BCUT2D eigenvalue weighted by Gasteiger charge is -2.10. The lowest BCUT2D eigenvalue weighted by atomic mass is 10.2. The Balaban J connectivity index is 1.82. The van der Waals surface area contributed by atoms with E-state index in [1.54, 1.807) is 12.1 Å². The van der Waals surface area contributed by atoms with Crippen molar-refractivity contribution in [3.05, 3.63) is 53.6 Å². The first-order valence-electron chi connectivity index (χ1n) is 6.42. The Hall–Kier alpha value is -2.67. The standard InChI is InChI=1S/C16H17N3O/c1-12-3-2-4-15(9-12)20-8-7-19-14-6-5-13(11-17)16(18)10-14/h2-6,9-10,19H,7-8,18H2,1H3. The van der Waals surface area contributed by atoms with Crippen molar-refractivity contribution in [1.82, 2.24) is 0 Å². The molecule has 102 valence electrons. The van der Waals surface area contributed by atoms with E-state index in [4.69, 9.17) is 15.7 Å². The molecule has 0 amide bonds. The Labute approximate surface area is 118 Å². The SMILES string of the molecule is Cc1cccc(OCCNc2ccc(C#N)c(N)c2)c1. The van der Waals surface area contributed by atoms with Crippen molar-refractivity contribution >= 4 is 11.4 Å². The molecule has 4 heteroatoms. The third kappa shape index (κ3) is 3.66. The molecule has 0 fully saturated rings. The third-order valence-electron chi connectivity index (χ3n) is 2.86. The Morgan fingerprint density at radius 3 is 2.80 bits per heavy atom. The van der Waals surface area contributed by atoms with Gasteiger partial charge in [0.15, 0.2) is 0 Å². The summed E-state index contributed by atoms with van der Waals surface area (Å²) in [5.41, 5.74) is 8.79. The van der Waals surface area contributed by atoms with Crippen LogP contribution in [-0.4, -0.2) is 13.2 Å². The smallest absolute Gasteiger partial charge is 0.119 e. The Kier molecular flexibility index (Phi) is 4.46. The molecule has 0 aliphatic carbocycles. The number of ether oxygens (including phenoxy) is 1. The summed E-state index contributed by atoms with van der Waals surface area (Å²) in [5.74, 6) is 0.867. The van der Waals surface area contributed by atoms with Gasteiger partial charge in [0.2, 0.25) is 0 Å². The highest BCUT2D eigenvalue weighted by atomic mass is 16.5. The van der Waals surface area contributed by atoms with E-state index in [0.29, 0.717) is 24.4 Å². The van der Waals surface area contributed by atoms with Crippen LogP contribution in [0.15, 0.2) is 42.5 Å². The van der Waals surface area contributed by atoms with Gasteiger partial charge in [0.1, 0.15) is 18.4 Å². The monoisotopic (exact) mass is 267 g/mol. The molecule has 0 aliphatic rings. The van der Waals surface area contributed by atoms with Crippen LogP contribution in [0.25, 0.3) is 0 Å².